The molecule has 38 heavy (non-hydrogen) atoms. The van der Waals surface area contributed by atoms with Crippen LogP contribution >= 0.6 is 15.9 Å². The Balaban J connectivity index is 2.11. The summed E-state index contributed by atoms with van der Waals surface area (Å²) in [7, 11) is 4.83. The van der Waals surface area contributed by atoms with Gasteiger partial charge in [0.25, 0.3) is 0 Å². The average molecular weight is 601 g/mol. The van der Waals surface area contributed by atoms with E-state index in [1.54, 1.807) is 53.2 Å². The van der Waals surface area contributed by atoms with E-state index in [9.17, 15) is 9.90 Å². The molecular formula is C28H42BrNO8. The number of hydrogen-bond donors (Lipinski definition) is 1. The molecule has 0 saturated carbocycles. The Kier molecular flexibility index (Phi) is 12.9. The number of oxazole rings is 1. The van der Waals surface area contributed by atoms with Crippen molar-refractivity contribution in [1.29, 1.82) is 0 Å². The maximum absolute atomic E-state index is 12.1. The molecule has 0 aliphatic carbocycles. The highest BCUT2D eigenvalue weighted by molar-refractivity contribution is 9.11. The summed E-state index contributed by atoms with van der Waals surface area (Å²) in [5.41, 5.74) is 0.758. The molecule has 1 aromatic rings. The number of hydrogen-bond acceptors (Lipinski definition) is 9. The van der Waals surface area contributed by atoms with Crippen molar-refractivity contribution in [2.24, 2.45) is 5.41 Å². The third-order valence-corrected chi connectivity index (χ3v) is 6.61. The van der Waals surface area contributed by atoms with E-state index in [-0.39, 0.29) is 31.2 Å². The van der Waals surface area contributed by atoms with Gasteiger partial charge in [0.15, 0.2) is 11.7 Å². The minimum Gasteiger partial charge on any atom is -0.459 e. The number of aliphatic hydroxyl groups is 1. The molecule has 0 bridgehead atoms. The molecule has 2 rings (SSSR count). The highest BCUT2D eigenvalue weighted by Gasteiger charge is 2.45. The molecule has 1 aliphatic rings. The molecule has 1 aliphatic heterocycles. The number of esters is 1. The molecule has 0 unspecified atom stereocenters. The molecule has 214 valence electrons. The lowest BCUT2D eigenvalue weighted by Crippen LogP contribution is -2.52. The first-order valence-electron chi connectivity index (χ1n) is 12.6. The number of carbonyl (C=O) groups excluding carboxylic acids is 1. The highest BCUT2D eigenvalue weighted by atomic mass is 79.9. The van der Waals surface area contributed by atoms with Gasteiger partial charge >= 0.3 is 5.97 Å². The molecule has 1 fully saturated rings. The average Bonchev–Trinajstić information content (AvgIpc) is 3.33. The number of methoxy groups -OCH3 is 3. The summed E-state index contributed by atoms with van der Waals surface area (Å²) < 4.78 is 34.2. The van der Waals surface area contributed by atoms with Crippen LogP contribution in [-0.4, -0.2) is 67.6 Å². The van der Waals surface area contributed by atoms with E-state index >= 15 is 0 Å². The summed E-state index contributed by atoms with van der Waals surface area (Å²) in [6.07, 6.45) is 9.13. The molecule has 1 saturated heterocycles. The summed E-state index contributed by atoms with van der Waals surface area (Å²) in [6, 6.07) is 0. The first-order chi connectivity index (χ1) is 17.9. The number of rotatable bonds is 13. The Morgan fingerprint density at radius 3 is 2.68 bits per heavy atom. The van der Waals surface area contributed by atoms with Crippen LogP contribution in [-0.2, 0) is 41.5 Å². The standard InChI is InChI=1S/C28H42BrNO8/c1-19(10-11-21(33-5)9-8-12-29)13-23(31)24-14-22(34-6)15-28(35-7,38-24)16-25-30-20(17-36-25)18-37-26(32)27(2,3)4/h8,10-13,17,21-24,31H,9,14-16,18H2,1-7H3/b11-10+,12-8+,19-13+/t21-,22-,23-,24-,28+/m1/s1. The van der Waals surface area contributed by atoms with Gasteiger partial charge < -0.3 is 33.2 Å². The van der Waals surface area contributed by atoms with Crippen LogP contribution in [0.2, 0.25) is 0 Å². The van der Waals surface area contributed by atoms with Gasteiger partial charge in [0, 0.05) is 34.2 Å². The summed E-state index contributed by atoms with van der Waals surface area (Å²) in [6.45, 7) is 7.28. The fourth-order valence-electron chi connectivity index (χ4n) is 3.98. The van der Waals surface area contributed by atoms with Gasteiger partial charge in [0.1, 0.15) is 18.6 Å². The van der Waals surface area contributed by atoms with Crippen LogP contribution in [0, 0.1) is 5.41 Å². The maximum atomic E-state index is 12.1. The van der Waals surface area contributed by atoms with Crippen molar-refractivity contribution in [3.05, 3.63) is 52.7 Å². The zero-order chi connectivity index (χ0) is 28.3. The Hall–Kier alpha value is -1.82. The van der Waals surface area contributed by atoms with Crippen LogP contribution < -0.4 is 0 Å². The Morgan fingerprint density at radius 1 is 1.34 bits per heavy atom. The van der Waals surface area contributed by atoms with E-state index in [1.165, 1.54) is 6.26 Å². The first kappa shape index (κ1) is 32.4. The highest BCUT2D eigenvalue weighted by Crippen LogP contribution is 2.35. The lowest BCUT2D eigenvalue weighted by molar-refractivity contribution is -0.298. The normalized spacial score (nSPS) is 24.7. The number of carbonyl (C=O) groups is 1. The Morgan fingerprint density at radius 2 is 2.08 bits per heavy atom. The molecule has 0 spiro atoms. The second-order valence-electron chi connectivity index (χ2n) is 10.4. The van der Waals surface area contributed by atoms with Crippen LogP contribution in [0.3, 0.4) is 0 Å². The summed E-state index contributed by atoms with van der Waals surface area (Å²) >= 11 is 3.26. The molecule has 2 heterocycles. The third kappa shape index (κ3) is 10.1. The minimum atomic E-state index is -1.12. The van der Waals surface area contributed by atoms with Crippen molar-refractivity contribution >= 4 is 21.9 Å². The summed E-state index contributed by atoms with van der Waals surface area (Å²) in [5.74, 6) is -1.07. The fraction of sp³-hybridized carbons (Fsp3) is 0.643. The van der Waals surface area contributed by atoms with E-state index in [1.807, 2.05) is 25.2 Å². The molecular weight excluding hydrogens is 558 g/mol. The predicted molar refractivity (Wildman–Crippen MR) is 146 cm³/mol. The predicted octanol–water partition coefficient (Wildman–Crippen LogP) is 5.02. The van der Waals surface area contributed by atoms with Gasteiger partial charge in [-0.05, 0) is 39.1 Å². The van der Waals surface area contributed by atoms with Gasteiger partial charge in [-0.1, -0.05) is 45.8 Å². The first-order valence-corrected chi connectivity index (χ1v) is 13.6. The number of allylic oxidation sites excluding steroid dienone is 2. The summed E-state index contributed by atoms with van der Waals surface area (Å²) in [4.78, 5) is 18.3. The van der Waals surface area contributed by atoms with Crippen molar-refractivity contribution in [3.63, 3.8) is 0 Å². The van der Waals surface area contributed by atoms with Gasteiger partial charge in [-0.25, -0.2) is 4.98 Å². The largest absolute Gasteiger partial charge is 0.459 e. The molecule has 5 atom stereocenters. The molecule has 9 nitrogen and oxygen atoms in total. The van der Waals surface area contributed by atoms with Crippen LogP contribution in [0.4, 0.5) is 0 Å². The topological polar surface area (TPSA) is 109 Å². The van der Waals surface area contributed by atoms with Gasteiger partial charge in [0.2, 0.25) is 0 Å². The lowest BCUT2D eigenvalue weighted by Gasteiger charge is -2.43. The van der Waals surface area contributed by atoms with Crippen molar-refractivity contribution in [3.8, 4) is 0 Å². The molecule has 1 N–H and O–H groups in total. The monoisotopic (exact) mass is 599 g/mol. The van der Waals surface area contributed by atoms with Crippen LogP contribution in [0.5, 0.6) is 0 Å². The number of nitrogens with zero attached hydrogens (tertiary/aromatic N) is 1. The van der Waals surface area contributed by atoms with Gasteiger partial charge in [0.05, 0.1) is 36.3 Å². The number of ether oxygens (including phenoxy) is 5. The minimum absolute atomic E-state index is 0.0103. The molecule has 10 heteroatoms. The second kappa shape index (κ2) is 15.1. The van der Waals surface area contributed by atoms with Gasteiger partial charge in [-0.2, -0.15) is 0 Å². The maximum Gasteiger partial charge on any atom is 0.311 e. The second-order valence-corrected chi connectivity index (χ2v) is 11.0. The molecule has 0 aromatic carbocycles. The number of aliphatic hydroxyl groups excluding tert-OH is 1. The lowest BCUT2D eigenvalue weighted by atomic mass is 9.92. The quantitative estimate of drug-likeness (QED) is 0.247. The van der Waals surface area contributed by atoms with Crippen molar-refractivity contribution in [2.45, 2.75) is 90.2 Å². The molecule has 0 radical (unpaired) electrons. The zero-order valence-electron chi connectivity index (χ0n) is 23.4. The number of halogens is 1. The smallest absolute Gasteiger partial charge is 0.311 e. The van der Waals surface area contributed by atoms with E-state index in [0.29, 0.717) is 24.4 Å². The van der Waals surface area contributed by atoms with Crippen molar-refractivity contribution < 1.29 is 38.0 Å². The van der Waals surface area contributed by atoms with Crippen LogP contribution in [0.1, 0.15) is 58.5 Å². The van der Waals surface area contributed by atoms with Crippen molar-refractivity contribution in [1.82, 2.24) is 4.98 Å². The summed E-state index contributed by atoms with van der Waals surface area (Å²) in [5, 5.41) is 11.0. The van der Waals surface area contributed by atoms with Gasteiger partial charge in [-0.15, -0.1) is 0 Å². The SMILES string of the molecule is CO[C@@H]1C[C@H]([C@H](O)/C=C(C)/C=C/[C@@H](C/C=C/Br)OC)O[C@@](Cc2nc(COC(=O)C(C)(C)C)co2)(OC)C1. The molecule has 0 amide bonds. The number of aromatic nitrogens is 1. The third-order valence-electron chi connectivity index (χ3n) is 6.24. The van der Waals surface area contributed by atoms with Crippen LogP contribution in [0.25, 0.3) is 0 Å². The Labute approximate surface area is 234 Å². The van der Waals surface area contributed by atoms with E-state index in [2.05, 4.69) is 20.9 Å². The Bertz CT molecular complexity index is 966. The van der Waals surface area contributed by atoms with E-state index in [0.717, 1.165) is 12.0 Å². The van der Waals surface area contributed by atoms with E-state index in [4.69, 9.17) is 28.1 Å². The van der Waals surface area contributed by atoms with Crippen molar-refractivity contribution in [2.75, 3.05) is 21.3 Å². The van der Waals surface area contributed by atoms with E-state index < -0.39 is 23.4 Å². The fourth-order valence-corrected chi connectivity index (χ4v) is 4.20. The molecule has 1 aromatic heterocycles. The zero-order valence-corrected chi connectivity index (χ0v) is 25.0. The van der Waals surface area contributed by atoms with Gasteiger partial charge in [-0.3, -0.25) is 4.79 Å². The van der Waals surface area contributed by atoms with Crippen LogP contribution in [0.15, 0.2) is 45.5 Å².